The standard InChI is InChI=1S/C14H20BrN3O/c1-7(2)18-14(11(15)6-17-18)13(16)12-8(3)9(4)19-10(12)5/h6-7,13H,16H2,1-5H3. The van der Waals surface area contributed by atoms with Crippen molar-refractivity contribution in [3.8, 4) is 0 Å². The van der Waals surface area contributed by atoms with E-state index in [1.54, 1.807) is 6.20 Å². The first-order valence-electron chi connectivity index (χ1n) is 6.39. The molecule has 0 aliphatic heterocycles. The summed E-state index contributed by atoms with van der Waals surface area (Å²) in [5, 5.41) is 4.39. The predicted molar refractivity (Wildman–Crippen MR) is 79.3 cm³/mol. The van der Waals surface area contributed by atoms with E-state index in [4.69, 9.17) is 10.2 Å². The first kappa shape index (κ1) is 14.3. The quantitative estimate of drug-likeness (QED) is 0.933. The van der Waals surface area contributed by atoms with E-state index in [9.17, 15) is 0 Å². The molecule has 19 heavy (non-hydrogen) atoms. The molecule has 0 saturated carbocycles. The summed E-state index contributed by atoms with van der Waals surface area (Å²) in [6, 6.07) is 0.0256. The van der Waals surface area contributed by atoms with Crippen molar-refractivity contribution in [3.63, 3.8) is 0 Å². The third-order valence-corrected chi connectivity index (χ3v) is 4.11. The van der Waals surface area contributed by atoms with Crippen LogP contribution >= 0.6 is 15.9 Å². The molecule has 2 aromatic rings. The number of hydrogen-bond donors (Lipinski definition) is 1. The van der Waals surface area contributed by atoms with Crippen LogP contribution in [0.2, 0.25) is 0 Å². The van der Waals surface area contributed by atoms with Crippen molar-refractivity contribution in [2.45, 2.75) is 46.7 Å². The molecule has 5 heteroatoms. The Balaban J connectivity index is 2.56. The summed E-state index contributed by atoms with van der Waals surface area (Å²) in [5.41, 5.74) is 9.63. The molecule has 0 bridgehead atoms. The topological polar surface area (TPSA) is 57.0 Å². The Morgan fingerprint density at radius 1 is 1.26 bits per heavy atom. The van der Waals surface area contributed by atoms with Crippen molar-refractivity contribution < 1.29 is 4.42 Å². The molecule has 0 amide bonds. The van der Waals surface area contributed by atoms with E-state index in [1.807, 2.05) is 25.5 Å². The average molecular weight is 326 g/mol. The van der Waals surface area contributed by atoms with Crippen molar-refractivity contribution in [2.75, 3.05) is 0 Å². The predicted octanol–water partition coefficient (Wildman–Crippen LogP) is 3.79. The third kappa shape index (κ3) is 2.37. The number of nitrogens with two attached hydrogens (primary N) is 1. The van der Waals surface area contributed by atoms with Crippen molar-refractivity contribution in [1.82, 2.24) is 9.78 Å². The van der Waals surface area contributed by atoms with Gasteiger partial charge in [0.25, 0.3) is 0 Å². The van der Waals surface area contributed by atoms with Crippen LogP contribution in [0.3, 0.4) is 0 Å². The molecule has 0 aromatic carbocycles. The lowest BCUT2D eigenvalue weighted by molar-refractivity contribution is 0.485. The van der Waals surface area contributed by atoms with E-state index < -0.39 is 0 Å². The fourth-order valence-corrected chi connectivity index (χ4v) is 2.98. The second kappa shape index (κ2) is 5.13. The van der Waals surface area contributed by atoms with E-state index in [-0.39, 0.29) is 12.1 Å². The van der Waals surface area contributed by atoms with E-state index in [0.717, 1.165) is 32.8 Å². The molecule has 0 aliphatic rings. The van der Waals surface area contributed by atoms with Crippen LogP contribution in [0.25, 0.3) is 0 Å². The molecule has 2 heterocycles. The number of hydrogen-bond acceptors (Lipinski definition) is 3. The van der Waals surface area contributed by atoms with Crippen LogP contribution in [0.4, 0.5) is 0 Å². The van der Waals surface area contributed by atoms with Crippen LogP contribution in [0.5, 0.6) is 0 Å². The summed E-state index contributed by atoms with van der Waals surface area (Å²) in [7, 11) is 0. The minimum atomic E-state index is -0.239. The van der Waals surface area contributed by atoms with Gasteiger partial charge in [0.1, 0.15) is 11.5 Å². The zero-order valence-electron chi connectivity index (χ0n) is 12.0. The Bertz CT molecular complexity index is 598. The lowest BCUT2D eigenvalue weighted by Gasteiger charge is -2.18. The maximum absolute atomic E-state index is 6.46. The first-order valence-corrected chi connectivity index (χ1v) is 7.18. The van der Waals surface area contributed by atoms with Crippen LogP contribution in [0.1, 0.15) is 54.3 Å². The zero-order valence-corrected chi connectivity index (χ0v) is 13.6. The van der Waals surface area contributed by atoms with Crippen molar-refractivity contribution >= 4 is 15.9 Å². The lowest BCUT2D eigenvalue weighted by Crippen LogP contribution is -2.20. The molecular formula is C14H20BrN3O. The van der Waals surface area contributed by atoms with Crippen LogP contribution in [0.15, 0.2) is 15.1 Å². The number of rotatable bonds is 3. The Hall–Kier alpha value is -1.07. The van der Waals surface area contributed by atoms with Gasteiger partial charge in [0.2, 0.25) is 0 Å². The summed E-state index contributed by atoms with van der Waals surface area (Å²) < 4.78 is 8.57. The molecule has 4 nitrogen and oxygen atoms in total. The van der Waals surface area contributed by atoms with E-state index in [0.29, 0.717) is 0 Å². The minimum Gasteiger partial charge on any atom is -0.466 e. The number of aromatic nitrogens is 2. The number of nitrogens with zero attached hydrogens (tertiary/aromatic N) is 2. The second-order valence-corrected chi connectivity index (χ2v) is 6.00. The Morgan fingerprint density at radius 3 is 2.37 bits per heavy atom. The largest absolute Gasteiger partial charge is 0.466 e. The van der Waals surface area contributed by atoms with Gasteiger partial charge in [-0.1, -0.05) is 0 Å². The molecule has 0 aliphatic carbocycles. The number of aryl methyl sites for hydroxylation is 2. The van der Waals surface area contributed by atoms with Gasteiger partial charge in [-0.3, -0.25) is 4.68 Å². The summed E-state index contributed by atoms with van der Waals surface area (Å²) >= 11 is 3.55. The van der Waals surface area contributed by atoms with Crippen molar-refractivity contribution in [2.24, 2.45) is 5.73 Å². The molecular weight excluding hydrogens is 306 g/mol. The lowest BCUT2D eigenvalue weighted by atomic mass is 10.00. The fraction of sp³-hybridized carbons (Fsp3) is 0.500. The Morgan fingerprint density at radius 2 is 1.89 bits per heavy atom. The zero-order chi connectivity index (χ0) is 14.3. The van der Waals surface area contributed by atoms with E-state index >= 15 is 0 Å². The number of halogens is 1. The molecule has 0 spiro atoms. The Labute approximate surface area is 122 Å². The van der Waals surface area contributed by atoms with Crippen molar-refractivity contribution in [3.05, 3.63) is 39.0 Å². The van der Waals surface area contributed by atoms with Gasteiger partial charge in [-0.2, -0.15) is 5.10 Å². The van der Waals surface area contributed by atoms with Gasteiger partial charge in [0.05, 0.1) is 22.4 Å². The molecule has 0 saturated heterocycles. The summed E-state index contributed by atoms with van der Waals surface area (Å²) in [6.07, 6.45) is 1.80. The van der Waals surface area contributed by atoms with Gasteiger partial charge < -0.3 is 10.2 Å². The smallest absolute Gasteiger partial charge is 0.106 e. The minimum absolute atomic E-state index is 0.239. The van der Waals surface area contributed by atoms with E-state index in [1.165, 1.54) is 0 Å². The molecule has 104 valence electrons. The maximum Gasteiger partial charge on any atom is 0.106 e. The molecule has 1 atom stereocenters. The number of furan rings is 1. The normalized spacial score (nSPS) is 13.3. The highest BCUT2D eigenvalue weighted by atomic mass is 79.9. The highest BCUT2D eigenvalue weighted by Crippen LogP contribution is 2.34. The van der Waals surface area contributed by atoms with E-state index in [2.05, 4.69) is 34.9 Å². The van der Waals surface area contributed by atoms with Crippen molar-refractivity contribution in [1.29, 1.82) is 0 Å². The Kier molecular flexibility index (Phi) is 3.87. The van der Waals surface area contributed by atoms with Gasteiger partial charge in [-0.05, 0) is 56.1 Å². The SMILES string of the molecule is Cc1oc(C)c(C(N)c2c(Br)cnn2C(C)C)c1C. The monoisotopic (exact) mass is 325 g/mol. The summed E-state index contributed by atoms with van der Waals surface area (Å²) in [5.74, 6) is 1.81. The molecule has 2 N–H and O–H groups in total. The fourth-order valence-electron chi connectivity index (χ4n) is 2.46. The highest BCUT2D eigenvalue weighted by molar-refractivity contribution is 9.10. The second-order valence-electron chi connectivity index (χ2n) is 5.15. The van der Waals surface area contributed by atoms with Gasteiger partial charge in [0, 0.05) is 11.6 Å². The molecule has 2 aromatic heterocycles. The average Bonchev–Trinajstić information content (AvgIpc) is 2.81. The van der Waals surface area contributed by atoms with Gasteiger partial charge in [0.15, 0.2) is 0 Å². The van der Waals surface area contributed by atoms with Gasteiger partial charge in [-0.25, -0.2) is 0 Å². The van der Waals surface area contributed by atoms with Crippen LogP contribution < -0.4 is 5.73 Å². The van der Waals surface area contributed by atoms with Crippen LogP contribution in [0, 0.1) is 20.8 Å². The summed E-state index contributed by atoms with van der Waals surface area (Å²) in [6.45, 7) is 10.2. The summed E-state index contributed by atoms with van der Waals surface area (Å²) in [4.78, 5) is 0. The van der Waals surface area contributed by atoms with Gasteiger partial charge >= 0.3 is 0 Å². The third-order valence-electron chi connectivity index (χ3n) is 3.50. The highest BCUT2D eigenvalue weighted by Gasteiger charge is 2.25. The van der Waals surface area contributed by atoms with Gasteiger partial charge in [-0.15, -0.1) is 0 Å². The molecule has 2 rings (SSSR count). The van der Waals surface area contributed by atoms with Crippen LogP contribution in [-0.4, -0.2) is 9.78 Å². The molecule has 1 unspecified atom stereocenters. The molecule has 0 fully saturated rings. The maximum atomic E-state index is 6.46. The molecule has 0 radical (unpaired) electrons. The van der Waals surface area contributed by atoms with Crippen LogP contribution in [-0.2, 0) is 0 Å². The first-order chi connectivity index (χ1) is 8.84.